The highest BCUT2D eigenvalue weighted by Gasteiger charge is 2.56. The van der Waals surface area contributed by atoms with E-state index in [1.165, 1.54) is 5.56 Å². The molecule has 2 aromatic carbocycles. The average Bonchev–Trinajstić information content (AvgIpc) is 3.46. The van der Waals surface area contributed by atoms with Crippen LogP contribution >= 0.6 is 0 Å². The molecule has 218 valence electrons. The van der Waals surface area contributed by atoms with Crippen LogP contribution in [0.3, 0.4) is 0 Å². The standard InChI is InChI=1S/C31H38N4O6/c1-7-8-38-29-17(3)20-14-40-41-30(20)26-19(29)11-22-27-25-18(9-16(2)28(37-6)31(25)39-15-36-5)10-21(34(27)4)23(12-32)35(22)24(26)13-33/h7,9,21-24,27H,1,8,10-11,13-15,33H2,2-6H3/t21-,22?,23?,24-,27-/m0/s1. The van der Waals surface area contributed by atoms with Gasteiger partial charge in [-0.15, -0.1) is 0 Å². The third-order valence-corrected chi connectivity index (χ3v) is 9.25. The molecule has 0 amide bonds. The summed E-state index contributed by atoms with van der Waals surface area (Å²) in [6.07, 6.45) is 3.06. The van der Waals surface area contributed by atoms with Crippen molar-refractivity contribution in [3.05, 3.63) is 57.7 Å². The molecule has 2 unspecified atom stereocenters. The first-order chi connectivity index (χ1) is 19.9. The van der Waals surface area contributed by atoms with Crippen molar-refractivity contribution in [1.29, 1.82) is 5.26 Å². The number of hydrogen-bond donors (Lipinski definition) is 1. The number of fused-ring (bicyclic) bond motifs is 9. The number of nitrogens with zero attached hydrogens (tertiary/aromatic N) is 3. The highest BCUT2D eigenvalue weighted by atomic mass is 17.2. The summed E-state index contributed by atoms with van der Waals surface area (Å²) in [7, 11) is 5.38. The van der Waals surface area contributed by atoms with Crippen LogP contribution in [0.1, 0.15) is 51.0 Å². The van der Waals surface area contributed by atoms with E-state index in [-0.39, 0.29) is 31.0 Å². The van der Waals surface area contributed by atoms with Crippen molar-refractivity contribution in [2.24, 2.45) is 5.73 Å². The van der Waals surface area contributed by atoms with Gasteiger partial charge in [-0.2, -0.15) is 10.1 Å². The lowest BCUT2D eigenvalue weighted by Crippen LogP contribution is -2.68. The van der Waals surface area contributed by atoms with E-state index in [1.807, 2.05) is 13.8 Å². The lowest BCUT2D eigenvalue weighted by atomic mass is 9.71. The van der Waals surface area contributed by atoms with Crippen LogP contribution in [0.4, 0.5) is 0 Å². The number of nitrogens with two attached hydrogens (primary N) is 1. The molecule has 10 heteroatoms. The molecule has 5 atom stereocenters. The van der Waals surface area contributed by atoms with E-state index >= 15 is 0 Å². The quantitative estimate of drug-likeness (QED) is 0.292. The lowest BCUT2D eigenvalue weighted by Gasteiger charge is -2.60. The van der Waals surface area contributed by atoms with Gasteiger partial charge in [0.15, 0.2) is 24.0 Å². The molecule has 2 bridgehead atoms. The summed E-state index contributed by atoms with van der Waals surface area (Å²) in [5, 5.41) is 10.7. The maximum absolute atomic E-state index is 10.7. The number of methoxy groups -OCH3 is 2. The Bertz CT molecular complexity index is 1420. The van der Waals surface area contributed by atoms with Gasteiger partial charge >= 0.3 is 0 Å². The second-order valence-electron chi connectivity index (χ2n) is 11.2. The van der Waals surface area contributed by atoms with Gasteiger partial charge in [-0.05, 0) is 44.9 Å². The molecule has 4 heterocycles. The summed E-state index contributed by atoms with van der Waals surface area (Å²) in [6.45, 7) is 9.04. The molecule has 2 N–H and O–H groups in total. The predicted molar refractivity (Wildman–Crippen MR) is 151 cm³/mol. The Labute approximate surface area is 241 Å². The molecule has 0 spiro atoms. The van der Waals surface area contributed by atoms with E-state index in [9.17, 15) is 5.26 Å². The van der Waals surface area contributed by atoms with Crippen molar-refractivity contribution >= 4 is 0 Å². The summed E-state index contributed by atoms with van der Waals surface area (Å²) in [4.78, 5) is 15.9. The maximum Gasteiger partial charge on any atom is 0.188 e. The Morgan fingerprint density at radius 3 is 2.61 bits per heavy atom. The minimum atomic E-state index is -0.390. The van der Waals surface area contributed by atoms with Gasteiger partial charge in [-0.3, -0.25) is 9.80 Å². The Morgan fingerprint density at radius 2 is 1.93 bits per heavy atom. The van der Waals surface area contributed by atoms with Crippen molar-refractivity contribution in [3.63, 3.8) is 0 Å². The van der Waals surface area contributed by atoms with Crippen LogP contribution in [-0.4, -0.2) is 69.1 Å². The number of benzene rings is 2. The minimum absolute atomic E-state index is 0.0421. The van der Waals surface area contributed by atoms with Crippen LogP contribution in [-0.2, 0) is 29.1 Å². The van der Waals surface area contributed by atoms with E-state index in [0.717, 1.165) is 39.1 Å². The van der Waals surface area contributed by atoms with Gasteiger partial charge in [0.2, 0.25) is 0 Å². The molecule has 4 aliphatic heterocycles. The third kappa shape index (κ3) is 4.02. The SMILES string of the molecule is C=CCOc1c(C)c2c(c3c1CC1[C@H]4c5c(cc(C)c(OC)c5OCOC)C[C@@H](C(C#N)N1[C@H]3CN)N4C)OOC2. The highest BCUT2D eigenvalue weighted by molar-refractivity contribution is 5.63. The zero-order chi connectivity index (χ0) is 29.0. The summed E-state index contributed by atoms with van der Waals surface area (Å²) in [6, 6.07) is 3.94. The fraction of sp³-hybridized carbons (Fsp3) is 0.516. The third-order valence-electron chi connectivity index (χ3n) is 9.25. The Kier molecular flexibility index (Phi) is 7.34. The first-order valence-corrected chi connectivity index (χ1v) is 14.0. The van der Waals surface area contributed by atoms with Gasteiger partial charge in [0, 0.05) is 53.6 Å². The van der Waals surface area contributed by atoms with Crippen LogP contribution < -0.4 is 24.8 Å². The average molecular weight is 563 g/mol. The Morgan fingerprint density at radius 1 is 1.12 bits per heavy atom. The van der Waals surface area contributed by atoms with E-state index in [1.54, 1.807) is 20.3 Å². The summed E-state index contributed by atoms with van der Waals surface area (Å²) in [5.41, 5.74) is 13.8. The molecular formula is C31H38N4O6. The normalized spacial score (nSPS) is 26.1. The van der Waals surface area contributed by atoms with E-state index < -0.39 is 6.04 Å². The lowest BCUT2D eigenvalue weighted by molar-refractivity contribution is -0.195. The van der Waals surface area contributed by atoms with Crippen LogP contribution in [0.25, 0.3) is 0 Å². The fourth-order valence-electron chi connectivity index (χ4n) is 7.66. The summed E-state index contributed by atoms with van der Waals surface area (Å²) >= 11 is 0. The zero-order valence-electron chi connectivity index (χ0n) is 24.4. The summed E-state index contributed by atoms with van der Waals surface area (Å²) in [5.74, 6) is 2.91. The number of nitriles is 1. The van der Waals surface area contributed by atoms with Crippen molar-refractivity contribution in [3.8, 4) is 29.1 Å². The van der Waals surface area contributed by atoms with Gasteiger partial charge in [0.1, 0.15) is 25.0 Å². The maximum atomic E-state index is 10.7. The van der Waals surface area contributed by atoms with E-state index in [2.05, 4.69) is 35.6 Å². The monoisotopic (exact) mass is 562 g/mol. The minimum Gasteiger partial charge on any atom is -0.493 e. The molecule has 1 fully saturated rings. The molecule has 0 radical (unpaired) electrons. The van der Waals surface area contributed by atoms with Crippen molar-refractivity contribution in [2.75, 3.05) is 41.2 Å². The summed E-state index contributed by atoms with van der Waals surface area (Å²) < 4.78 is 23.8. The molecule has 0 aromatic heterocycles. The van der Waals surface area contributed by atoms with Gasteiger partial charge in [-0.25, -0.2) is 0 Å². The van der Waals surface area contributed by atoms with E-state index in [4.69, 9.17) is 34.5 Å². The van der Waals surface area contributed by atoms with Crippen LogP contribution in [0, 0.1) is 25.2 Å². The van der Waals surface area contributed by atoms with Crippen LogP contribution in [0.5, 0.6) is 23.0 Å². The van der Waals surface area contributed by atoms with Gasteiger partial charge in [0.05, 0.1) is 25.3 Å². The number of aryl methyl sites for hydroxylation is 1. The molecule has 0 aliphatic carbocycles. The number of hydrogen-bond acceptors (Lipinski definition) is 10. The zero-order valence-corrected chi connectivity index (χ0v) is 24.4. The van der Waals surface area contributed by atoms with Gasteiger partial charge < -0.3 is 29.6 Å². The molecule has 4 aliphatic rings. The molecule has 41 heavy (non-hydrogen) atoms. The molecule has 10 nitrogen and oxygen atoms in total. The Balaban J connectivity index is 1.60. The molecule has 0 saturated carbocycles. The van der Waals surface area contributed by atoms with Crippen molar-refractivity contribution < 1.29 is 28.7 Å². The fourth-order valence-corrected chi connectivity index (χ4v) is 7.66. The van der Waals surface area contributed by atoms with Crippen molar-refractivity contribution in [1.82, 2.24) is 9.80 Å². The molecule has 6 rings (SSSR count). The van der Waals surface area contributed by atoms with Gasteiger partial charge in [0.25, 0.3) is 0 Å². The topological polar surface area (TPSA) is 112 Å². The predicted octanol–water partition coefficient (Wildman–Crippen LogP) is 3.41. The second kappa shape index (κ2) is 10.8. The number of rotatable bonds is 8. The highest BCUT2D eigenvalue weighted by Crippen LogP contribution is 2.57. The largest absolute Gasteiger partial charge is 0.493 e. The molecular weight excluding hydrogens is 524 g/mol. The Hall–Kier alpha value is -3.33. The van der Waals surface area contributed by atoms with Gasteiger partial charge in [-0.1, -0.05) is 18.7 Å². The smallest absolute Gasteiger partial charge is 0.188 e. The molecule has 2 aromatic rings. The van der Waals surface area contributed by atoms with Crippen molar-refractivity contribution in [2.45, 2.75) is 63.5 Å². The van der Waals surface area contributed by atoms with Crippen LogP contribution in [0.2, 0.25) is 0 Å². The van der Waals surface area contributed by atoms with E-state index in [0.29, 0.717) is 49.8 Å². The number of ether oxygens (including phenoxy) is 4. The first kappa shape index (κ1) is 27.8. The second-order valence-corrected chi connectivity index (χ2v) is 11.2. The number of piperazine rings is 1. The number of likely N-dealkylation sites (N-methyl/N-ethyl adjacent to an activating group) is 1. The first-order valence-electron chi connectivity index (χ1n) is 14.0. The molecule has 1 saturated heterocycles. The van der Waals surface area contributed by atoms with Crippen LogP contribution in [0.15, 0.2) is 18.7 Å².